The van der Waals surface area contributed by atoms with Crippen molar-refractivity contribution >= 4 is 17.5 Å². The third-order valence-corrected chi connectivity index (χ3v) is 5.02. The molecular formula is C16H21ClN2O2. The number of halogens is 1. The molecule has 1 saturated carbocycles. The van der Waals surface area contributed by atoms with Gasteiger partial charge in [0.05, 0.1) is 6.10 Å². The fourth-order valence-electron chi connectivity index (χ4n) is 3.77. The zero-order chi connectivity index (χ0) is 14.8. The van der Waals surface area contributed by atoms with E-state index in [4.69, 9.17) is 11.6 Å². The van der Waals surface area contributed by atoms with Crippen LogP contribution in [0.3, 0.4) is 0 Å². The normalized spacial score (nSPS) is 29.6. The van der Waals surface area contributed by atoms with Crippen LogP contribution in [-0.4, -0.2) is 39.6 Å². The van der Waals surface area contributed by atoms with E-state index in [1.54, 1.807) is 18.3 Å². The first-order valence-electron chi connectivity index (χ1n) is 7.77. The van der Waals surface area contributed by atoms with Gasteiger partial charge in [-0.05, 0) is 44.2 Å². The lowest BCUT2D eigenvalue weighted by molar-refractivity contribution is 0.0288. The molecule has 5 heteroatoms. The quantitative estimate of drug-likeness (QED) is 0.855. The van der Waals surface area contributed by atoms with E-state index in [2.05, 4.69) is 4.98 Å². The van der Waals surface area contributed by atoms with Crippen LogP contribution in [0.4, 0.5) is 0 Å². The highest BCUT2D eigenvalue weighted by Gasteiger charge is 2.39. The number of aliphatic hydroxyl groups is 1. The van der Waals surface area contributed by atoms with E-state index in [0.29, 0.717) is 10.7 Å². The van der Waals surface area contributed by atoms with Crippen LogP contribution in [0.5, 0.6) is 0 Å². The molecular weight excluding hydrogens is 288 g/mol. The molecule has 1 aromatic heterocycles. The van der Waals surface area contributed by atoms with Crippen LogP contribution in [-0.2, 0) is 0 Å². The molecule has 1 aliphatic heterocycles. The number of aliphatic hydroxyl groups excluding tert-OH is 1. The molecule has 1 N–H and O–H groups in total. The summed E-state index contributed by atoms with van der Waals surface area (Å²) in [6.07, 6.45) is 7.41. The van der Waals surface area contributed by atoms with Gasteiger partial charge in [0.25, 0.3) is 5.91 Å². The van der Waals surface area contributed by atoms with Crippen LogP contribution in [0.2, 0.25) is 5.15 Å². The maximum Gasteiger partial charge on any atom is 0.254 e. The molecule has 1 aromatic rings. The third kappa shape index (κ3) is 3.06. The zero-order valence-electron chi connectivity index (χ0n) is 12.0. The molecule has 2 heterocycles. The second-order valence-electron chi connectivity index (χ2n) is 6.09. The minimum atomic E-state index is -0.260. The zero-order valence-corrected chi connectivity index (χ0v) is 12.8. The number of amides is 1. The van der Waals surface area contributed by atoms with Crippen molar-refractivity contribution in [3.8, 4) is 0 Å². The van der Waals surface area contributed by atoms with E-state index in [-0.39, 0.29) is 24.0 Å². The summed E-state index contributed by atoms with van der Waals surface area (Å²) < 4.78 is 0. The lowest BCUT2D eigenvalue weighted by atomic mass is 9.87. The van der Waals surface area contributed by atoms with Crippen molar-refractivity contribution in [1.29, 1.82) is 0 Å². The van der Waals surface area contributed by atoms with E-state index in [9.17, 15) is 9.90 Å². The maximum absolute atomic E-state index is 12.8. The fraction of sp³-hybridized carbons (Fsp3) is 0.625. The summed E-state index contributed by atoms with van der Waals surface area (Å²) in [5.41, 5.74) is 0.592. The van der Waals surface area contributed by atoms with Crippen LogP contribution in [0.15, 0.2) is 18.3 Å². The smallest absolute Gasteiger partial charge is 0.254 e. The lowest BCUT2D eigenvalue weighted by Crippen LogP contribution is -2.49. The number of rotatable bonds is 2. The molecule has 0 bridgehead atoms. The fourth-order valence-corrected chi connectivity index (χ4v) is 3.95. The highest BCUT2D eigenvalue weighted by atomic mass is 35.5. The highest BCUT2D eigenvalue weighted by Crippen LogP contribution is 2.35. The molecule has 114 valence electrons. The van der Waals surface area contributed by atoms with Gasteiger partial charge in [-0.15, -0.1) is 0 Å². The van der Waals surface area contributed by atoms with Crippen molar-refractivity contribution in [1.82, 2.24) is 9.88 Å². The number of piperidine rings is 1. The Balaban J connectivity index is 1.82. The van der Waals surface area contributed by atoms with Gasteiger partial charge in [0.1, 0.15) is 5.15 Å². The van der Waals surface area contributed by atoms with E-state index in [1.807, 2.05) is 4.90 Å². The second kappa shape index (κ2) is 6.32. The molecule has 2 aliphatic rings. The highest BCUT2D eigenvalue weighted by molar-refractivity contribution is 6.29. The molecule has 1 aliphatic carbocycles. The molecule has 21 heavy (non-hydrogen) atoms. The van der Waals surface area contributed by atoms with Gasteiger partial charge in [-0.1, -0.05) is 18.0 Å². The minimum Gasteiger partial charge on any atom is -0.393 e. The lowest BCUT2D eigenvalue weighted by Gasteiger charge is -2.40. The SMILES string of the molecule is O=C(c1ccnc(Cl)c1)N1CCCCC1C1CCCC1O. The summed E-state index contributed by atoms with van der Waals surface area (Å²) in [6.45, 7) is 0.770. The predicted octanol–water partition coefficient (Wildman–Crippen LogP) is 2.89. The largest absolute Gasteiger partial charge is 0.393 e. The van der Waals surface area contributed by atoms with Crippen LogP contribution in [0.25, 0.3) is 0 Å². The van der Waals surface area contributed by atoms with Crippen molar-refractivity contribution in [2.24, 2.45) is 5.92 Å². The van der Waals surface area contributed by atoms with Crippen molar-refractivity contribution in [2.45, 2.75) is 50.7 Å². The monoisotopic (exact) mass is 308 g/mol. The first-order valence-corrected chi connectivity index (χ1v) is 8.15. The Bertz CT molecular complexity index is 523. The van der Waals surface area contributed by atoms with Gasteiger partial charge < -0.3 is 10.0 Å². The number of carbonyl (C=O) groups excluding carboxylic acids is 1. The van der Waals surface area contributed by atoms with Crippen LogP contribution >= 0.6 is 11.6 Å². The summed E-state index contributed by atoms with van der Waals surface area (Å²) in [5.74, 6) is 0.245. The summed E-state index contributed by atoms with van der Waals surface area (Å²) in [7, 11) is 0. The van der Waals surface area contributed by atoms with Gasteiger partial charge >= 0.3 is 0 Å². The molecule has 4 nitrogen and oxygen atoms in total. The van der Waals surface area contributed by atoms with E-state index < -0.39 is 0 Å². The standard InChI is InChI=1S/C16H21ClN2O2/c17-15-10-11(7-8-18-15)16(21)19-9-2-1-5-13(19)12-4-3-6-14(12)20/h7-8,10,12-14,20H,1-6,9H2. The summed E-state index contributed by atoms with van der Waals surface area (Å²) >= 11 is 5.89. The van der Waals surface area contributed by atoms with Crippen molar-refractivity contribution in [3.05, 3.63) is 29.0 Å². The Hall–Kier alpha value is -1.13. The van der Waals surface area contributed by atoms with Gasteiger partial charge in [0, 0.05) is 30.3 Å². The second-order valence-corrected chi connectivity index (χ2v) is 6.48. The Morgan fingerprint density at radius 1 is 1.29 bits per heavy atom. The van der Waals surface area contributed by atoms with Crippen molar-refractivity contribution in [3.63, 3.8) is 0 Å². The molecule has 3 rings (SSSR count). The van der Waals surface area contributed by atoms with Gasteiger partial charge in [-0.2, -0.15) is 0 Å². The van der Waals surface area contributed by atoms with Crippen LogP contribution in [0, 0.1) is 5.92 Å². The summed E-state index contributed by atoms with van der Waals surface area (Å²) in [5, 5.41) is 10.5. The Morgan fingerprint density at radius 2 is 2.14 bits per heavy atom. The molecule has 0 radical (unpaired) electrons. The molecule has 0 spiro atoms. The summed E-state index contributed by atoms with van der Waals surface area (Å²) in [6, 6.07) is 3.50. The number of pyridine rings is 1. The van der Waals surface area contributed by atoms with Crippen molar-refractivity contribution in [2.75, 3.05) is 6.54 Å². The van der Waals surface area contributed by atoms with Gasteiger partial charge in [-0.3, -0.25) is 4.79 Å². The van der Waals surface area contributed by atoms with E-state index in [0.717, 1.165) is 45.1 Å². The van der Waals surface area contributed by atoms with E-state index >= 15 is 0 Å². The third-order valence-electron chi connectivity index (χ3n) is 4.81. The van der Waals surface area contributed by atoms with Gasteiger partial charge in [0.15, 0.2) is 0 Å². The number of aromatic nitrogens is 1. The predicted molar refractivity (Wildman–Crippen MR) is 81.3 cm³/mol. The number of likely N-dealkylation sites (tertiary alicyclic amines) is 1. The van der Waals surface area contributed by atoms with Crippen LogP contribution in [0.1, 0.15) is 48.9 Å². The Kier molecular flexibility index (Phi) is 4.45. The average Bonchev–Trinajstić information content (AvgIpc) is 2.92. The Labute approximate surface area is 130 Å². The number of carbonyl (C=O) groups is 1. The molecule has 3 atom stereocenters. The number of hydrogen-bond acceptors (Lipinski definition) is 3. The van der Waals surface area contributed by atoms with E-state index in [1.165, 1.54) is 0 Å². The number of hydrogen-bond donors (Lipinski definition) is 1. The summed E-state index contributed by atoms with van der Waals surface area (Å²) in [4.78, 5) is 18.7. The maximum atomic E-state index is 12.8. The van der Waals surface area contributed by atoms with Crippen LogP contribution < -0.4 is 0 Å². The Morgan fingerprint density at radius 3 is 2.86 bits per heavy atom. The molecule has 2 fully saturated rings. The molecule has 1 amide bonds. The van der Waals surface area contributed by atoms with Crippen molar-refractivity contribution < 1.29 is 9.90 Å². The average molecular weight is 309 g/mol. The molecule has 1 saturated heterocycles. The minimum absolute atomic E-state index is 0.0168. The first kappa shape index (κ1) is 14.8. The van der Waals surface area contributed by atoms with Gasteiger partial charge in [-0.25, -0.2) is 4.98 Å². The molecule has 3 unspecified atom stereocenters. The van der Waals surface area contributed by atoms with Gasteiger partial charge in [0.2, 0.25) is 0 Å². The molecule has 0 aromatic carbocycles. The number of nitrogens with zero attached hydrogens (tertiary/aromatic N) is 2. The first-order chi connectivity index (χ1) is 10.2. The topological polar surface area (TPSA) is 53.4 Å².